The van der Waals surface area contributed by atoms with Crippen LogP contribution in [0.15, 0.2) is 30.6 Å². The number of carbonyl (C=O) groups excluding carboxylic acids is 1. The number of nitrogens with zero attached hydrogens (tertiary/aromatic N) is 5. The van der Waals surface area contributed by atoms with Crippen LogP contribution in [-0.2, 0) is 13.1 Å². The van der Waals surface area contributed by atoms with Gasteiger partial charge in [0, 0.05) is 18.7 Å². The van der Waals surface area contributed by atoms with E-state index in [4.69, 9.17) is 5.26 Å². The minimum atomic E-state index is -0.0775. The Kier molecular flexibility index (Phi) is 2.72. The first-order valence-electron chi connectivity index (χ1n) is 5.94. The second kappa shape index (κ2) is 4.53. The third-order valence-corrected chi connectivity index (χ3v) is 3.16. The van der Waals surface area contributed by atoms with Crippen molar-refractivity contribution in [2.45, 2.75) is 13.1 Å². The fourth-order valence-electron chi connectivity index (χ4n) is 2.14. The molecule has 0 radical (unpaired) electrons. The molecule has 0 bridgehead atoms. The van der Waals surface area contributed by atoms with Crippen LogP contribution in [0.1, 0.15) is 21.7 Å². The first kappa shape index (κ1) is 11.4. The Morgan fingerprint density at radius 2 is 2.26 bits per heavy atom. The Morgan fingerprint density at radius 3 is 3.11 bits per heavy atom. The van der Waals surface area contributed by atoms with Crippen LogP contribution in [0, 0.1) is 11.3 Å². The van der Waals surface area contributed by atoms with Crippen LogP contribution in [0.5, 0.6) is 0 Å². The van der Waals surface area contributed by atoms with Crippen LogP contribution < -0.4 is 0 Å². The fraction of sp³-hybridized carbons (Fsp3) is 0.231. The number of benzene rings is 1. The van der Waals surface area contributed by atoms with Gasteiger partial charge in [0.25, 0.3) is 5.91 Å². The Balaban J connectivity index is 1.84. The number of fused-ring (bicyclic) bond motifs is 1. The molecule has 1 aliphatic heterocycles. The third kappa shape index (κ3) is 2.06. The van der Waals surface area contributed by atoms with Crippen LogP contribution in [0.25, 0.3) is 0 Å². The van der Waals surface area contributed by atoms with E-state index >= 15 is 0 Å². The number of rotatable bonds is 1. The van der Waals surface area contributed by atoms with Crippen LogP contribution in [-0.4, -0.2) is 32.1 Å². The standard InChI is InChI=1S/C13H11N5O/c14-7-10-2-1-3-11(6-10)13(19)17-4-5-18-9-15-16-12(18)8-17/h1-3,6,9H,4-5,8H2. The lowest BCUT2D eigenvalue weighted by atomic mass is 10.1. The SMILES string of the molecule is N#Cc1cccc(C(=O)N2CCn3cnnc3C2)c1. The van der Waals surface area contributed by atoms with Crippen molar-refractivity contribution < 1.29 is 4.79 Å². The number of hydrogen-bond acceptors (Lipinski definition) is 4. The van der Waals surface area contributed by atoms with E-state index < -0.39 is 0 Å². The average Bonchev–Trinajstić information content (AvgIpc) is 2.94. The van der Waals surface area contributed by atoms with Gasteiger partial charge in [0.1, 0.15) is 6.33 Å². The molecule has 0 spiro atoms. The summed E-state index contributed by atoms with van der Waals surface area (Å²) in [5.74, 6) is 0.711. The van der Waals surface area contributed by atoms with Gasteiger partial charge in [-0.2, -0.15) is 5.26 Å². The largest absolute Gasteiger partial charge is 0.329 e. The van der Waals surface area contributed by atoms with Gasteiger partial charge in [-0.3, -0.25) is 4.79 Å². The molecule has 0 saturated heterocycles. The summed E-state index contributed by atoms with van der Waals surface area (Å²) in [5, 5.41) is 16.7. The lowest BCUT2D eigenvalue weighted by molar-refractivity contribution is 0.0707. The highest BCUT2D eigenvalue weighted by Gasteiger charge is 2.22. The maximum absolute atomic E-state index is 12.4. The van der Waals surface area contributed by atoms with Crippen molar-refractivity contribution in [3.05, 3.63) is 47.5 Å². The molecule has 19 heavy (non-hydrogen) atoms. The Morgan fingerprint density at radius 1 is 1.37 bits per heavy atom. The van der Waals surface area contributed by atoms with Crippen molar-refractivity contribution in [1.82, 2.24) is 19.7 Å². The molecule has 0 fully saturated rings. The van der Waals surface area contributed by atoms with Gasteiger partial charge in [-0.25, -0.2) is 0 Å². The quantitative estimate of drug-likeness (QED) is 0.753. The highest BCUT2D eigenvalue weighted by Crippen LogP contribution is 2.14. The molecule has 6 heteroatoms. The molecule has 1 aliphatic rings. The highest BCUT2D eigenvalue weighted by atomic mass is 16.2. The summed E-state index contributed by atoms with van der Waals surface area (Å²) in [5.41, 5.74) is 1.03. The number of aromatic nitrogens is 3. The fourth-order valence-corrected chi connectivity index (χ4v) is 2.14. The lowest BCUT2D eigenvalue weighted by Crippen LogP contribution is -2.38. The van der Waals surface area contributed by atoms with Crippen LogP contribution >= 0.6 is 0 Å². The number of nitriles is 1. The minimum absolute atomic E-state index is 0.0775. The van der Waals surface area contributed by atoms with Crippen molar-refractivity contribution in [1.29, 1.82) is 5.26 Å². The van der Waals surface area contributed by atoms with Crippen LogP contribution in [0.4, 0.5) is 0 Å². The molecule has 0 aliphatic carbocycles. The van der Waals surface area contributed by atoms with E-state index in [0.29, 0.717) is 30.8 Å². The molecule has 0 N–H and O–H groups in total. The van der Waals surface area contributed by atoms with Gasteiger partial charge in [-0.15, -0.1) is 10.2 Å². The highest BCUT2D eigenvalue weighted by molar-refractivity contribution is 5.94. The molecule has 0 atom stereocenters. The van der Waals surface area contributed by atoms with Gasteiger partial charge in [0.05, 0.1) is 18.2 Å². The minimum Gasteiger partial charge on any atom is -0.329 e. The number of carbonyl (C=O) groups is 1. The molecule has 2 aromatic rings. The summed E-state index contributed by atoms with van der Waals surface area (Å²) >= 11 is 0. The predicted molar refractivity (Wildman–Crippen MR) is 65.9 cm³/mol. The summed E-state index contributed by atoms with van der Waals surface area (Å²) in [4.78, 5) is 14.1. The molecule has 3 rings (SSSR count). The van der Waals surface area contributed by atoms with E-state index in [1.807, 2.05) is 10.6 Å². The Bertz CT molecular complexity index is 670. The van der Waals surface area contributed by atoms with E-state index in [1.165, 1.54) is 0 Å². The van der Waals surface area contributed by atoms with Gasteiger partial charge in [-0.05, 0) is 18.2 Å². The van der Waals surface area contributed by atoms with E-state index in [1.54, 1.807) is 35.5 Å². The van der Waals surface area contributed by atoms with Gasteiger partial charge in [0.2, 0.25) is 0 Å². The lowest BCUT2D eigenvalue weighted by Gasteiger charge is -2.27. The second-order valence-corrected chi connectivity index (χ2v) is 4.36. The third-order valence-electron chi connectivity index (χ3n) is 3.16. The molecule has 1 aromatic carbocycles. The van der Waals surface area contributed by atoms with Crippen molar-refractivity contribution in [3.8, 4) is 6.07 Å². The smallest absolute Gasteiger partial charge is 0.254 e. The molecule has 0 unspecified atom stereocenters. The van der Waals surface area contributed by atoms with Gasteiger partial charge < -0.3 is 9.47 Å². The van der Waals surface area contributed by atoms with Gasteiger partial charge in [-0.1, -0.05) is 6.07 Å². The van der Waals surface area contributed by atoms with Crippen molar-refractivity contribution in [2.24, 2.45) is 0 Å². The Hall–Kier alpha value is -2.68. The van der Waals surface area contributed by atoms with Crippen molar-refractivity contribution in [2.75, 3.05) is 6.54 Å². The van der Waals surface area contributed by atoms with Crippen molar-refractivity contribution >= 4 is 5.91 Å². The van der Waals surface area contributed by atoms with E-state index in [-0.39, 0.29) is 5.91 Å². The molecule has 6 nitrogen and oxygen atoms in total. The van der Waals surface area contributed by atoms with E-state index in [9.17, 15) is 4.79 Å². The van der Waals surface area contributed by atoms with E-state index in [0.717, 1.165) is 5.82 Å². The zero-order valence-corrected chi connectivity index (χ0v) is 10.2. The van der Waals surface area contributed by atoms with Crippen LogP contribution in [0.2, 0.25) is 0 Å². The summed E-state index contributed by atoms with van der Waals surface area (Å²) in [7, 11) is 0. The Labute approximate surface area is 109 Å². The molecule has 1 amide bonds. The summed E-state index contributed by atoms with van der Waals surface area (Å²) < 4.78 is 1.94. The summed E-state index contributed by atoms with van der Waals surface area (Å²) in [6.07, 6.45) is 1.67. The van der Waals surface area contributed by atoms with E-state index in [2.05, 4.69) is 10.2 Å². The molecule has 0 saturated carbocycles. The normalized spacial score (nSPS) is 13.7. The number of hydrogen-bond donors (Lipinski definition) is 0. The van der Waals surface area contributed by atoms with Crippen LogP contribution in [0.3, 0.4) is 0 Å². The van der Waals surface area contributed by atoms with Crippen molar-refractivity contribution in [3.63, 3.8) is 0 Å². The predicted octanol–water partition coefficient (Wildman–Crippen LogP) is 0.806. The summed E-state index contributed by atoms with van der Waals surface area (Å²) in [6.45, 7) is 1.78. The first-order valence-corrected chi connectivity index (χ1v) is 5.94. The molecule has 1 aromatic heterocycles. The topological polar surface area (TPSA) is 74.8 Å². The molecule has 94 valence electrons. The maximum atomic E-state index is 12.4. The average molecular weight is 253 g/mol. The molecule has 2 heterocycles. The first-order chi connectivity index (χ1) is 9.28. The summed E-state index contributed by atoms with van der Waals surface area (Å²) in [6, 6.07) is 8.78. The zero-order valence-electron chi connectivity index (χ0n) is 10.2. The second-order valence-electron chi connectivity index (χ2n) is 4.36. The van der Waals surface area contributed by atoms with Gasteiger partial charge >= 0.3 is 0 Å². The van der Waals surface area contributed by atoms with Gasteiger partial charge in [0.15, 0.2) is 5.82 Å². The monoisotopic (exact) mass is 253 g/mol. The zero-order chi connectivity index (χ0) is 13.2. The molecular formula is C13H11N5O. The maximum Gasteiger partial charge on any atom is 0.254 e. The number of amides is 1. The molecular weight excluding hydrogens is 242 g/mol.